The van der Waals surface area contributed by atoms with E-state index in [0.29, 0.717) is 11.0 Å². The minimum Gasteiger partial charge on any atom is -0.451 e. The smallest absolute Gasteiger partial charge is 0.287 e. The average Bonchev–Trinajstić information content (AvgIpc) is 2.99. The van der Waals surface area contributed by atoms with Gasteiger partial charge in [-0.15, -0.1) is 0 Å². The number of aryl methyl sites for hydroxylation is 2. The zero-order valence-electron chi connectivity index (χ0n) is 14.3. The molecule has 0 saturated heterocycles. The fourth-order valence-corrected chi connectivity index (χ4v) is 2.70. The van der Waals surface area contributed by atoms with Crippen LogP contribution in [0.4, 0.5) is 0 Å². The molecule has 130 valence electrons. The molecular weight excluding hydrogens is 322 g/mol. The zero-order chi connectivity index (χ0) is 18.0. The minimum absolute atomic E-state index is 0.0358. The molecule has 0 aliphatic carbocycles. The summed E-state index contributed by atoms with van der Waals surface area (Å²) in [6.45, 7) is 2.16. The molecule has 0 aliphatic heterocycles. The van der Waals surface area contributed by atoms with Crippen molar-refractivity contribution in [1.82, 2.24) is 15.1 Å². The first kappa shape index (κ1) is 16.9. The van der Waals surface area contributed by atoms with Crippen molar-refractivity contribution in [2.24, 2.45) is 7.05 Å². The molecule has 0 radical (unpaired) electrons. The van der Waals surface area contributed by atoms with Crippen molar-refractivity contribution in [3.8, 4) is 0 Å². The standard InChI is InChI=1S/C18H19N3O4/c1-11-4-5-12-15(22)9-17(25-16(12)8-11)18(23)20-13(10-24-3)14-6-7-19-21(14)2/h4-9,13H,10H2,1-3H3,(H,20,23). The Bertz CT molecular complexity index is 974. The second-order valence-electron chi connectivity index (χ2n) is 5.84. The highest BCUT2D eigenvalue weighted by atomic mass is 16.5. The number of benzene rings is 1. The molecule has 0 fully saturated rings. The van der Waals surface area contributed by atoms with Crippen LogP contribution in [0.2, 0.25) is 0 Å². The molecule has 1 atom stereocenters. The van der Waals surface area contributed by atoms with Crippen LogP contribution in [0.5, 0.6) is 0 Å². The van der Waals surface area contributed by atoms with Gasteiger partial charge in [-0.25, -0.2) is 0 Å². The molecule has 2 aromatic heterocycles. The number of nitrogens with one attached hydrogen (secondary N) is 1. The van der Waals surface area contributed by atoms with E-state index < -0.39 is 11.9 Å². The molecule has 2 heterocycles. The third-order valence-corrected chi connectivity index (χ3v) is 3.96. The van der Waals surface area contributed by atoms with Crippen LogP contribution in [-0.4, -0.2) is 29.4 Å². The van der Waals surface area contributed by atoms with Gasteiger partial charge in [0.05, 0.1) is 23.7 Å². The molecule has 0 aliphatic rings. The first-order valence-electron chi connectivity index (χ1n) is 7.82. The Morgan fingerprint density at radius 2 is 2.16 bits per heavy atom. The van der Waals surface area contributed by atoms with Crippen molar-refractivity contribution >= 4 is 16.9 Å². The quantitative estimate of drug-likeness (QED) is 0.766. The number of amides is 1. The van der Waals surface area contributed by atoms with Crippen molar-refractivity contribution in [2.75, 3.05) is 13.7 Å². The van der Waals surface area contributed by atoms with E-state index in [1.165, 1.54) is 6.07 Å². The predicted molar refractivity (Wildman–Crippen MR) is 92.5 cm³/mol. The summed E-state index contributed by atoms with van der Waals surface area (Å²) in [5.41, 5.74) is 1.87. The topological polar surface area (TPSA) is 86.4 Å². The SMILES string of the molecule is COCC(NC(=O)c1cc(=O)c2ccc(C)cc2o1)c1ccnn1C. The number of methoxy groups -OCH3 is 1. The van der Waals surface area contributed by atoms with Gasteiger partial charge in [-0.05, 0) is 30.7 Å². The summed E-state index contributed by atoms with van der Waals surface area (Å²) in [4.78, 5) is 24.8. The highest BCUT2D eigenvalue weighted by Crippen LogP contribution is 2.16. The summed E-state index contributed by atoms with van der Waals surface area (Å²) >= 11 is 0. The lowest BCUT2D eigenvalue weighted by Crippen LogP contribution is -2.33. The minimum atomic E-state index is -0.483. The van der Waals surface area contributed by atoms with E-state index in [-0.39, 0.29) is 17.8 Å². The van der Waals surface area contributed by atoms with Gasteiger partial charge in [0, 0.05) is 26.4 Å². The predicted octanol–water partition coefficient (Wildman–Crippen LogP) is 1.95. The fraction of sp³-hybridized carbons (Fsp3) is 0.278. The fourth-order valence-electron chi connectivity index (χ4n) is 2.70. The second kappa shape index (κ2) is 6.90. The number of nitrogens with zero attached hydrogens (tertiary/aromatic N) is 2. The summed E-state index contributed by atoms with van der Waals surface area (Å²) in [7, 11) is 3.33. The van der Waals surface area contributed by atoms with Crippen LogP contribution < -0.4 is 10.7 Å². The molecule has 1 unspecified atom stereocenters. The Morgan fingerprint density at radius 1 is 1.36 bits per heavy atom. The van der Waals surface area contributed by atoms with Gasteiger partial charge in [-0.1, -0.05) is 6.07 Å². The molecule has 3 aromatic rings. The van der Waals surface area contributed by atoms with Crippen LogP contribution in [0, 0.1) is 6.92 Å². The van der Waals surface area contributed by atoms with E-state index in [4.69, 9.17) is 9.15 Å². The van der Waals surface area contributed by atoms with Gasteiger partial charge < -0.3 is 14.5 Å². The molecule has 1 amide bonds. The number of ether oxygens (including phenoxy) is 1. The first-order chi connectivity index (χ1) is 12.0. The van der Waals surface area contributed by atoms with Gasteiger partial charge in [-0.2, -0.15) is 5.10 Å². The van der Waals surface area contributed by atoms with Crippen molar-refractivity contribution < 1.29 is 13.9 Å². The molecule has 25 heavy (non-hydrogen) atoms. The van der Waals surface area contributed by atoms with Crippen LogP contribution in [0.15, 0.2) is 45.7 Å². The number of carbonyl (C=O) groups is 1. The van der Waals surface area contributed by atoms with E-state index in [9.17, 15) is 9.59 Å². The molecule has 1 N–H and O–H groups in total. The summed E-state index contributed by atoms with van der Waals surface area (Å²) in [5, 5.41) is 7.37. The lowest BCUT2D eigenvalue weighted by Gasteiger charge is -2.18. The van der Waals surface area contributed by atoms with Gasteiger partial charge >= 0.3 is 0 Å². The van der Waals surface area contributed by atoms with E-state index in [1.54, 1.807) is 43.2 Å². The van der Waals surface area contributed by atoms with Crippen LogP contribution in [0.25, 0.3) is 11.0 Å². The van der Waals surface area contributed by atoms with E-state index in [2.05, 4.69) is 10.4 Å². The van der Waals surface area contributed by atoms with E-state index in [0.717, 1.165) is 11.3 Å². The molecule has 0 spiro atoms. The third-order valence-electron chi connectivity index (χ3n) is 3.96. The third kappa shape index (κ3) is 3.46. The van der Waals surface area contributed by atoms with Gasteiger partial charge in [0.15, 0.2) is 11.2 Å². The Hall–Kier alpha value is -2.93. The Labute approximate surface area is 144 Å². The largest absolute Gasteiger partial charge is 0.451 e. The van der Waals surface area contributed by atoms with E-state index in [1.807, 2.05) is 13.0 Å². The molecule has 7 nitrogen and oxygen atoms in total. The maximum absolute atomic E-state index is 12.6. The highest BCUT2D eigenvalue weighted by Gasteiger charge is 2.20. The highest BCUT2D eigenvalue weighted by molar-refractivity contribution is 5.93. The van der Waals surface area contributed by atoms with Crippen molar-refractivity contribution in [3.63, 3.8) is 0 Å². The Kier molecular flexibility index (Phi) is 4.67. The van der Waals surface area contributed by atoms with Crippen molar-refractivity contribution in [2.45, 2.75) is 13.0 Å². The van der Waals surface area contributed by atoms with Crippen molar-refractivity contribution in [3.05, 3.63) is 63.8 Å². The van der Waals surface area contributed by atoms with Gasteiger partial charge in [0.2, 0.25) is 0 Å². The monoisotopic (exact) mass is 341 g/mol. The van der Waals surface area contributed by atoms with E-state index >= 15 is 0 Å². The van der Waals surface area contributed by atoms with Crippen LogP contribution >= 0.6 is 0 Å². The Balaban J connectivity index is 1.93. The average molecular weight is 341 g/mol. The number of fused-ring (bicyclic) bond motifs is 1. The summed E-state index contributed by atoms with van der Waals surface area (Å²) in [6, 6.07) is 7.85. The Morgan fingerprint density at radius 3 is 2.84 bits per heavy atom. The molecular formula is C18H19N3O4. The van der Waals surface area contributed by atoms with Crippen molar-refractivity contribution in [1.29, 1.82) is 0 Å². The maximum Gasteiger partial charge on any atom is 0.287 e. The normalized spacial score (nSPS) is 12.3. The van der Waals surface area contributed by atoms with Gasteiger partial charge in [0.25, 0.3) is 5.91 Å². The molecule has 0 saturated carbocycles. The molecule has 0 bridgehead atoms. The van der Waals surface area contributed by atoms with Crippen LogP contribution in [0.1, 0.15) is 27.9 Å². The lowest BCUT2D eigenvalue weighted by molar-refractivity contribution is 0.0865. The van der Waals surface area contributed by atoms with Gasteiger partial charge in [0.1, 0.15) is 5.58 Å². The number of hydrogen-bond donors (Lipinski definition) is 1. The number of aromatic nitrogens is 2. The molecule has 3 rings (SSSR count). The molecule has 7 heteroatoms. The lowest BCUT2D eigenvalue weighted by atomic mass is 10.1. The van der Waals surface area contributed by atoms with Gasteiger partial charge in [-0.3, -0.25) is 14.3 Å². The van der Waals surface area contributed by atoms with Crippen LogP contribution in [0.3, 0.4) is 0 Å². The van der Waals surface area contributed by atoms with Crippen LogP contribution in [-0.2, 0) is 11.8 Å². The maximum atomic E-state index is 12.6. The zero-order valence-corrected chi connectivity index (χ0v) is 14.3. The summed E-state index contributed by atoms with van der Waals surface area (Å²) in [6.07, 6.45) is 1.64. The number of rotatable bonds is 5. The second-order valence-corrected chi connectivity index (χ2v) is 5.84. The number of carbonyl (C=O) groups excluding carboxylic acids is 1. The molecule has 1 aromatic carbocycles. The number of hydrogen-bond acceptors (Lipinski definition) is 5. The summed E-state index contributed by atoms with van der Waals surface area (Å²) < 4.78 is 12.5. The first-order valence-corrected chi connectivity index (χ1v) is 7.82. The summed E-state index contributed by atoms with van der Waals surface area (Å²) in [5.74, 6) is -0.518.